The van der Waals surface area contributed by atoms with Crippen LogP contribution in [0.5, 0.6) is 0 Å². The second-order valence-corrected chi connectivity index (χ2v) is 3.63. The molecule has 1 N–H and O–H groups in total. The van der Waals surface area contributed by atoms with E-state index in [4.69, 9.17) is 0 Å². The van der Waals surface area contributed by atoms with Crippen molar-refractivity contribution in [2.45, 2.75) is 26.7 Å². The molecule has 1 aliphatic rings. The Hall–Kier alpha value is -0.980. The smallest absolute Gasteiger partial charge is 0.0214 e. The van der Waals surface area contributed by atoms with Crippen LogP contribution in [-0.4, -0.2) is 6.54 Å². The minimum Gasteiger partial charge on any atom is -0.388 e. The van der Waals surface area contributed by atoms with Gasteiger partial charge in [-0.15, -0.1) is 0 Å². The lowest BCUT2D eigenvalue weighted by molar-refractivity contribution is 0.615. The zero-order chi connectivity index (χ0) is 9.84. The molecular formula is C12H19N. The second-order valence-electron chi connectivity index (χ2n) is 3.63. The third-order valence-corrected chi connectivity index (χ3v) is 2.66. The van der Waals surface area contributed by atoms with Crippen LogP contribution in [0.2, 0.25) is 0 Å². The normalized spacial score (nSPS) is 25.2. The molecule has 1 nitrogen and oxygen atoms in total. The Morgan fingerprint density at radius 3 is 2.85 bits per heavy atom. The predicted octanol–water partition coefficient (Wildman–Crippen LogP) is 3.02. The summed E-state index contributed by atoms with van der Waals surface area (Å²) in [5.74, 6) is 0.685. The Balaban J connectivity index is 2.98. The molecule has 1 heterocycles. The van der Waals surface area contributed by atoms with Crippen LogP contribution < -0.4 is 5.32 Å². The lowest BCUT2D eigenvalue weighted by atomic mass is 9.96. The maximum atomic E-state index is 3.97. The average molecular weight is 177 g/mol. The van der Waals surface area contributed by atoms with Crippen LogP contribution in [0.15, 0.2) is 36.1 Å². The largest absolute Gasteiger partial charge is 0.388 e. The Labute approximate surface area is 81.2 Å². The van der Waals surface area contributed by atoms with Gasteiger partial charge in [0.05, 0.1) is 0 Å². The maximum Gasteiger partial charge on any atom is 0.0214 e. The molecule has 0 aromatic heterocycles. The van der Waals surface area contributed by atoms with Crippen molar-refractivity contribution in [2.24, 2.45) is 5.92 Å². The van der Waals surface area contributed by atoms with Crippen LogP contribution in [-0.2, 0) is 0 Å². The molecule has 0 bridgehead atoms. The predicted molar refractivity (Wildman–Crippen MR) is 58.4 cm³/mol. The molecule has 0 aliphatic carbocycles. The third kappa shape index (κ3) is 2.03. The van der Waals surface area contributed by atoms with Crippen molar-refractivity contribution in [1.82, 2.24) is 5.32 Å². The van der Waals surface area contributed by atoms with E-state index in [1.165, 1.54) is 24.1 Å². The summed E-state index contributed by atoms with van der Waals surface area (Å²) in [7, 11) is 0. The van der Waals surface area contributed by atoms with Crippen LogP contribution in [0, 0.1) is 5.92 Å². The van der Waals surface area contributed by atoms with Gasteiger partial charge in [-0.05, 0) is 30.9 Å². The van der Waals surface area contributed by atoms with Gasteiger partial charge in [0.1, 0.15) is 0 Å². The van der Waals surface area contributed by atoms with Crippen LogP contribution in [0.1, 0.15) is 26.7 Å². The molecule has 0 unspecified atom stereocenters. The van der Waals surface area contributed by atoms with E-state index in [9.17, 15) is 0 Å². The van der Waals surface area contributed by atoms with Crippen LogP contribution in [0.3, 0.4) is 0 Å². The first-order valence-corrected chi connectivity index (χ1v) is 4.97. The third-order valence-electron chi connectivity index (χ3n) is 2.66. The van der Waals surface area contributed by atoms with Gasteiger partial charge >= 0.3 is 0 Å². The highest BCUT2D eigenvalue weighted by atomic mass is 14.9. The molecular weight excluding hydrogens is 158 g/mol. The summed E-state index contributed by atoms with van der Waals surface area (Å²) in [5, 5.41) is 3.44. The van der Waals surface area contributed by atoms with Gasteiger partial charge < -0.3 is 5.32 Å². The van der Waals surface area contributed by atoms with Gasteiger partial charge in [0.15, 0.2) is 0 Å². The van der Waals surface area contributed by atoms with E-state index in [1.54, 1.807) is 0 Å². The molecule has 1 heteroatoms. The Morgan fingerprint density at radius 2 is 2.38 bits per heavy atom. The summed E-state index contributed by atoms with van der Waals surface area (Å²) >= 11 is 0. The first kappa shape index (κ1) is 10.1. The molecule has 1 fully saturated rings. The van der Waals surface area contributed by atoms with Crippen molar-refractivity contribution in [2.75, 3.05) is 6.54 Å². The number of hydrogen-bond donors (Lipinski definition) is 1. The van der Waals surface area contributed by atoms with Crippen LogP contribution in [0.25, 0.3) is 0 Å². The zero-order valence-corrected chi connectivity index (χ0v) is 8.69. The van der Waals surface area contributed by atoms with Crippen LogP contribution in [0.4, 0.5) is 0 Å². The van der Waals surface area contributed by atoms with E-state index in [-0.39, 0.29) is 0 Å². The summed E-state index contributed by atoms with van der Waals surface area (Å²) in [6, 6.07) is 0. The minimum absolute atomic E-state index is 0.685. The summed E-state index contributed by atoms with van der Waals surface area (Å²) < 4.78 is 0. The molecule has 13 heavy (non-hydrogen) atoms. The Morgan fingerprint density at radius 1 is 1.69 bits per heavy atom. The number of rotatable bonds is 3. The molecule has 1 aliphatic heterocycles. The van der Waals surface area contributed by atoms with Crippen molar-refractivity contribution < 1.29 is 0 Å². The summed E-state index contributed by atoms with van der Waals surface area (Å²) in [5.41, 5.74) is 3.67. The molecule has 1 rings (SSSR count). The monoisotopic (exact) mass is 177 g/mol. The van der Waals surface area contributed by atoms with Crippen molar-refractivity contribution in [3.63, 3.8) is 0 Å². The molecule has 0 aromatic rings. The van der Waals surface area contributed by atoms with E-state index in [0.717, 1.165) is 12.1 Å². The fourth-order valence-electron chi connectivity index (χ4n) is 1.91. The van der Waals surface area contributed by atoms with E-state index >= 15 is 0 Å². The summed E-state index contributed by atoms with van der Waals surface area (Å²) in [6.45, 7) is 13.2. The zero-order valence-electron chi connectivity index (χ0n) is 8.69. The standard InChI is InChI=1S/C12H19N/c1-5-10-7-8-13-12(10)11(6-2)9(3)4/h6,10,13H,2-3,5,7-8H2,1,4H3/b12-11-/t10-/m0/s1. The number of hydrogen-bond acceptors (Lipinski definition) is 1. The average Bonchev–Trinajstić information content (AvgIpc) is 2.53. The fraction of sp³-hybridized carbons (Fsp3) is 0.500. The molecule has 0 radical (unpaired) electrons. The van der Waals surface area contributed by atoms with Gasteiger partial charge in [-0.3, -0.25) is 0 Å². The maximum absolute atomic E-state index is 3.97. The Bertz CT molecular complexity index is 248. The van der Waals surface area contributed by atoms with Gasteiger partial charge in [0.25, 0.3) is 0 Å². The quantitative estimate of drug-likeness (QED) is 0.698. The lowest BCUT2D eigenvalue weighted by Crippen LogP contribution is -2.10. The first-order valence-electron chi connectivity index (χ1n) is 4.97. The molecule has 0 spiro atoms. The van der Waals surface area contributed by atoms with E-state index in [1.807, 2.05) is 13.0 Å². The van der Waals surface area contributed by atoms with E-state index in [2.05, 4.69) is 25.4 Å². The lowest BCUT2D eigenvalue weighted by Gasteiger charge is -2.13. The number of nitrogens with one attached hydrogen (secondary N) is 1. The minimum atomic E-state index is 0.685. The SMILES string of the molecule is C=C/C(C(=C)C)=C1/NCC[C@@H]1CC. The highest BCUT2D eigenvalue weighted by Crippen LogP contribution is 2.27. The molecule has 0 aromatic carbocycles. The van der Waals surface area contributed by atoms with Crippen molar-refractivity contribution >= 4 is 0 Å². The second kappa shape index (κ2) is 4.31. The molecule has 1 saturated heterocycles. The van der Waals surface area contributed by atoms with Gasteiger partial charge in [-0.2, -0.15) is 0 Å². The molecule has 72 valence electrons. The highest BCUT2D eigenvalue weighted by molar-refractivity contribution is 5.41. The molecule has 0 amide bonds. The van der Waals surface area contributed by atoms with Gasteiger partial charge in [-0.25, -0.2) is 0 Å². The first-order chi connectivity index (χ1) is 6.20. The summed E-state index contributed by atoms with van der Waals surface area (Å²) in [6.07, 6.45) is 4.36. The Kier molecular flexibility index (Phi) is 3.35. The van der Waals surface area contributed by atoms with Gasteiger partial charge in [0, 0.05) is 18.2 Å². The fourth-order valence-corrected chi connectivity index (χ4v) is 1.91. The van der Waals surface area contributed by atoms with Crippen LogP contribution >= 0.6 is 0 Å². The van der Waals surface area contributed by atoms with E-state index < -0.39 is 0 Å². The van der Waals surface area contributed by atoms with Gasteiger partial charge in [-0.1, -0.05) is 26.2 Å². The van der Waals surface area contributed by atoms with Crippen molar-refractivity contribution in [3.05, 3.63) is 36.1 Å². The van der Waals surface area contributed by atoms with E-state index in [0.29, 0.717) is 5.92 Å². The van der Waals surface area contributed by atoms with Crippen molar-refractivity contribution in [1.29, 1.82) is 0 Å². The number of allylic oxidation sites excluding steroid dienone is 4. The highest BCUT2D eigenvalue weighted by Gasteiger charge is 2.21. The topological polar surface area (TPSA) is 12.0 Å². The van der Waals surface area contributed by atoms with Crippen molar-refractivity contribution in [3.8, 4) is 0 Å². The van der Waals surface area contributed by atoms with Gasteiger partial charge in [0.2, 0.25) is 0 Å². The summed E-state index contributed by atoms with van der Waals surface area (Å²) in [4.78, 5) is 0. The molecule has 1 atom stereocenters. The molecule has 0 saturated carbocycles.